The second kappa shape index (κ2) is 8.71. The first-order chi connectivity index (χ1) is 13.5. The highest BCUT2D eigenvalue weighted by Crippen LogP contribution is 2.17. The molecule has 0 spiro atoms. The SMILES string of the molecule is CC(CNC(=O)c1ccc(NS(=O)(=O)c2ccccc2)cc1)c1ccccc1. The number of amides is 1. The van der Waals surface area contributed by atoms with Gasteiger partial charge in [0.25, 0.3) is 15.9 Å². The van der Waals surface area contributed by atoms with Gasteiger partial charge in [-0.3, -0.25) is 9.52 Å². The van der Waals surface area contributed by atoms with E-state index in [0.29, 0.717) is 17.8 Å². The van der Waals surface area contributed by atoms with Gasteiger partial charge in [-0.1, -0.05) is 55.5 Å². The van der Waals surface area contributed by atoms with E-state index in [1.807, 2.05) is 30.3 Å². The summed E-state index contributed by atoms with van der Waals surface area (Å²) in [6.45, 7) is 2.57. The second-order valence-electron chi connectivity index (χ2n) is 6.52. The van der Waals surface area contributed by atoms with Crippen molar-refractivity contribution in [2.75, 3.05) is 11.3 Å². The Morgan fingerprint density at radius 3 is 2.04 bits per heavy atom. The van der Waals surface area contributed by atoms with Gasteiger partial charge < -0.3 is 5.32 Å². The van der Waals surface area contributed by atoms with Gasteiger partial charge in [-0.05, 0) is 47.9 Å². The number of hydrogen-bond acceptors (Lipinski definition) is 3. The molecule has 0 aliphatic rings. The molecule has 0 saturated heterocycles. The largest absolute Gasteiger partial charge is 0.351 e. The average Bonchev–Trinajstić information content (AvgIpc) is 2.73. The van der Waals surface area contributed by atoms with Crippen LogP contribution < -0.4 is 10.0 Å². The normalized spacial score (nSPS) is 12.2. The Morgan fingerprint density at radius 1 is 0.857 bits per heavy atom. The van der Waals surface area contributed by atoms with Gasteiger partial charge in [0.05, 0.1) is 4.90 Å². The summed E-state index contributed by atoms with van der Waals surface area (Å²) >= 11 is 0. The van der Waals surface area contributed by atoms with Crippen molar-refractivity contribution < 1.29 is 13.2 Å². The Morgan fingerprint density at radius 2 is 1.43 bits per heavy atom. The van der Waals surface area contributed by atoms with E-state index in [0.717, 1.165) is 5.56 Å². The van der Waals surface area contributed by atoms with E-state index in [4.69, 9.17) is 0 Å². The first-order valence-electron chi connectivity index (χ1n) is 8.97. The fourth-order valence-electron chi connectivity index (χ4n) is 2.75. The molecule has 144 valence electrons. The molecular formula is C22H22N2O3S. The number of carbonyl (C=O) groups excluding carboxylic acids is 1. The predicted octanol–water partition coefficient (Wildman–Crippen LogP) is 4.02. The van der Waals surface area contributed by atoms with E-state index in [1.54, 1.807) is 42.5 Å². The van der Waals surface area contributed by atoms with Gasteiger partial charge in [-0.15, -0.1) is 0 Å². The van der Waals surface area contributed by atoms with Crippen molar-refractivity contribution in [2.24, 2.45) is 0 Å². The lowest BCUT2D eigenvalue weighted by molar-refractivity contribution is 0.0951. The van der Waals surface area contributed by atoms with Crippen LogP contribution >= 0.6 is 0 Å². The average molecular weight is 394 g/mol. The highest BCUT2D eigenvalue weighted by molar-refractivity contribution is 7.92. The Hall–Kier alpha value is -3.12. The minimum atomic E-state index is -3.65. The molecule has 3 aromatic rings. The molecule has 0 heterocycles. The van der Waals surface area contributed by atoms with Crippen LogP contribution in [-0.4, -0.2) is 20.9 Å². The summed E-state index contributed by atoms with van der Waals surface area (Å²) in [6.07, 6.45) is 0. The molecule has 0 aromatic heterocycles. The third kappa shape index (κ3) is 4.98. The van der Waals surface area contributed by atoms with E-state index in [2.05, 4.69) is 17.0 Å². The number of hydrogen-bond donors (Lipinski definition) is 2. The van der Waals surface area contributed by atoms with Crippen molar-refractivity contribution in [1.82, 2.24) is 5.32 Å². The van der Waals surface area contributed by atoms with Crippen LogP contribution in [0.4, 0.5) is 5.69 Å². The summed E-state index contributed by atoms with van der Waals surface area (Å²) in [6, 6.07) is 24.5. The van der Waals surface area contributed by atoms with Crippen LogP contribution in [0, 0.1) is 0 Å². The zero-order valence-corrected chi connectivity index (χ0v) is 16.3. The number of carbonyl (C=O) groups is 1. The number of rotatable bonds is 7. The quantitative estimate of drug-likeness (QED) is 0.635. The molecule has 0 aliphatic carbocycles. The number of nitrogens with one attached hydrogen (secondary N) is 2. The minimum Gasteiger partial charge on any atom is -0.351 e. The van der Waals surface area contributed by atoms with Crippen molar-refractivity contribution in [2.45, 2.75) is 17.7 Å². The van der Waals surface area contributed by atoms with Crippen LogP contribution in [0.2, 0.25) is 0 Å². The molecule has 0 fully saturated rings. The Bertz CT molecular complexity index is 1020. The van der Waals surface area contributed by atoms with Crippen LogP contribution in [0.1, 0.15) is 28.8 Å². The molecule has 0 radical (unpaired) electrons. The lowest BCUT2D eigenvalue weighted by atomic mass is 10.0. The van der Waals surface area contributed by atoms with Crippen molar-refractivity contribution in [3.8, 4) is 0 Å². The molecule has 1 unspecified atom stereocenters. The van der Waals surface area contributed by atoms with Crippen LogP contribution in [0.3, 0.4) is 0 Å². The van der Waals surface area contributed by atoms with Crippen molar-refractivity contribution in [3.63, 3.8) is 0 Å². The molecule has 5 nitrogen and oxygen atoms in total. The Labute approximate surface area is 165 Å². The molecule has 1 atom stereocenters. The monoisotopic (exact) mass is 394 g/mol. The molecule has 3 aromatic carbocycles. The molecule has 0 saturated carbocycles. The van der Waals surface area contributed by atoms with Crippen LogP contribution in [0.25, 0.3) is 0 Å². The van der Waals surface area contributed by atoms with Gasteiger partial charge in [-0.25, -0.2) is 8.42 Å². The van der Waals surface area contributed by atoms with Crippen molar-refractivity contribution in [1.29, 1.82) is 0 Å². The molecule has 1 amide bonds. The molecule has 0 aliphatic heterocycles. The fraction of sp³-hybridized carbons (Fsp3) is 0.136. The Kier molecular flexibility index (Phi) is 6.11. The zero-order valence-electron chi connectivity index (χ0n) is 15.5. The second-order valence-corrected chi connectivity index (χ2v) is 8.20. The standard InChI is InChI=1S/C22H22N2O3S/c1-17(18-8-4-2-5-9-18)16-23-22(25)19-12-14-20(15-13-19)24-28(26,27)21-10-6-3-7-11-21/h2-15,17,24H,16H2,1H3,(H,23,25). The molecule has 2 N–H and O–H groups in total. The summed E-state index contributed by atoms with van der Waals surface area (Å²) in [5.41, 5.74) is 2.04. The fourth-order valence-corrected chi connectivity index (χ4v) is 3.83. The van der Waals surface area contributed by atoms with Gasteiger partial charge in [0.2, 0.25) is 0 Å². The zero-order chi connectivity index (χ0) is 20.0. The van der Waals surface area contributed by atoms with Crippen molar-refractivity contribution >= 4 is 21.6 Å². The predicted molar refractivity (Wildman–Crippen MR) is 111 cm³/mol. The van der Waals surface area contributed by atoms with Gasteiger partial charge in [0, 0.05) is 17.8 Å². The smallest absolute Gasteiger partial charge is 0.261 e. The molecule has 3 rings (SSSR count). The van der Waals surface area contributed by atoms with E-state index in [1.165, 1.54) is 12.1 Å². The van der Waals surface area contributed by atoms with Crippen LogP contribution in [0.15, 0.2) is 89.8 Å². The van der Waals surface area contributed by atoms with Gasteiger partial charge >= 0.3 is 0 Å². The molecule has 0 bridgehead atoms. The number of anilines is 1. The van der Waals surface area contributed by atoms with E-state index in [-0.39, 0.29) is 16.7 Å². The van der Waals surface area contributed by atoms with Gasteiger partial charge in [0.15, 0.2) is 0 Å². The lowest BCUT2D eigenvalue weighted by Gasteiger charge is -2.13. The summed E-state index contributed by atoms with van der Waals surface area (Å²) in [4.78, 5) is 12.5. The summed E-state index contributed by atoms with van der Waals surface area (Å²) in [5, 5.41) is 2.91. The lowest BCUT2D eigenvalue weighted by Crippen LogP contribution is -2.27. The topological polar surface area (TPSA) is 75.3 Å². The number of sulfonamides is 1. The first-order valence-corrected chi connectivity index (χ1v) is 10.4. The highest BCUT2D eigenvalue weighted by Gasteiger charge is 2.14. The van der Waals surface area contributed by atoms with Crippen molar-refractivity contribution in [3.05, 3.63) is 96.1 Å². The summed E-state index contributed by atoms with van der Waals surface area (Å²) in [5.74, 6) is 0.00218. The minimum absolute atomic E-state index is 0.187. The summed E-state index contributed by atoms with van der Waals surface area (Å²) < 4.78 is 27.2. The summed E-state index contributed by atoms with van der Waals surface area (Å²) in [7, 11) is -3.65. The van der Waals surface area contributed by atoms with Crippen LogP contribution in [0.5, 0.6) is 0 Å². The van der Waals surface area contributed by atoms with E-state index < -0.39 is 10.0 Å². The third-order valence-electron chi connectivity index (χ3n) is 4.39. The number of benzene rings is 3. The maximum absolute atomic E-state index is 12.3. The highest BCUT2D eigenvalue weighted by atomic mass is 32.2. The first kappa shape index (κ1) is 19.6. The molecule has 28 heavy (non-hydrogen) atoms. The Balaban J connectivity index is 1.60. The maximum Gasteiger partial charge on any atom is 0.261 e. The molecular weight excluding hydrogens is 372 g/mol. The van der Waals surface area contributed by atoms with E-state index >= 15 is 0 Å². The van der Waals surface area contributed by atoms with Gasteiger partial charge in [0.1, 0.15) is 0 Å². The third-order valence-corrected chi connectivity index (χ3v) is 5.79. The van der Waals surface area contributed by atoms with Gasteiger partial charge in [-0.2, -0.15) is 0 Å². The van der Waals surface area contributed by atoms with E-state index in [9.17, 15) is 13.2 Å². The maximum atomic E-state index is 12.3. The molecule has 6 heteroatoms. The van der Waals surface area contributed by atoms with Crippen LogP contribution in [-0.2, 0) is 10.0 Å².